The van der Waals surface area contributed by atoms with Crippen LogP contribution in [0.3, 0.4) is 0 Å². The van der Waals surface area contributed by atoms with E-state index in [-0.39, 0.29) is 5.91 Å². The van der Waals surface area contributed by atoms with Crippen molar-refractivity contribution < 1.29 is 9.53 Å². The minimum Gasteiger partial charge on any atom is -0.497 e. The second-order valence-electron chi connectivity index (χ2n) is 8.98. The molecule has 0 atom stereocenters. The van der Waals surface area contributed by atoms with E-state index in [9.17, 15) is 4.79 Å². The van der Waals surface area contributed by atoms with Gasteiger partial charge in [-0.3, -0.25) is 9.69 Å². The first-order valence-corrected chi connectivity index (χ1v) is 10.4. The molecule has 4 heteroatoms. The zero-order valence-corrected chi connectivity index (χ0v) is 15.8. The maximum Gasteiger partial charge on any atom is 0.253 e. The van der Waals surface area contributed by atoms with Crippen LogP contribution < -0.4 is 4.74 Å². The average Bonchev–Trinajstić information content (AvgIpc) is 2.67. The summed E-state index contributed by atoms with van der Waals surface area (Å²) in [6.07, 6.45) is 7.42. The average molecular weight is 354 g/mol. The van der Waals surface area contributed by atoms with Gasteiger partial charge in [0.15, 0.2) is 0 Å². The van der Waals surface area contributed by atoms with Crippen LogP contribution in [0.1, 0.15) is 42.5 Å². The molecule has 140 valence electrons. The van der Waals surface area contributed by atoms with Crippen LogP contribution in [0.2, 0.25) is 0 Å². The van der Waals surface area contributed by atoms with Crippen LogP contribution in [0.15, 0.2) is 24.3 Å². The van der Waals surface area contributed by atoms with Crippen molar-refractivity contribution in [3.63, 3.8) is 0 Å². The van der Waals surface area contributed by atoms with E-state index in [1.807, 2.05) is 29.2 Å². The van der Waals surface area contributed by atoms with Gasteiger partial charge in [0.05, 0.1) is 7.11 Å². The summed E-state index contributed by atoms with van der Waals surface area (Å²) in [5, 5.41) is 0. The smallest absolute Gasteiger partial charge is 0.253 e. The van der Waals surface area contributed by atoms with Gasteiger partial charge < -0.3 is 9.64 Å². The minimum atomic E-state index is 0.164. The summed E-state index contributed by atoms with van der Waals surface area (Å²) in [5.41, 5.74) is 0.772. The van der Waals surface area contributed by atoms with E-state index in [1.165, 1.54) is 32.1 Å². The van der Waals surface area contributed by atoms with Crippen LogP contribution >= 0.6 is 0 Å². The predicted molar refractivity (Wildman–Crippen MR) is 101 cm³/mol. The van der Waals surface area contributed by atoms with Crippen LogP contribution in [0, 0.1) is 23.7 Å². The fourth-order valence-corrected chi connectivity index (χ4v) is 6.63. The Labute approximate surface area is 156 Å². The molecule has 4 saturated carbocycles. The Hall–Kier alpha value is -1.55. The lowest BCUT2D eigenvalue weighted by Gasteiger charge is -2.58. The Bertz CT molecular complexity index is 635. The lowest BCUT2D eigenvalue weighted by atomic mass is 9.54. The van der Waals surface area contributed by atoms with Crippen LogP contribution in [0.25, 0.3) is 0 Å². The highest BCUT2D eigenvalue weighted by Crippen LogP contribution is 2.55. The summed E-state index contributed by atoms with van der Waals surface area (Å²) in [5.74, 6) is 4.91. The molecule has 26 heavy (non-hydrogen) atoms. The first kappa shape index (κ1) is 16.6. The number of hydrogen-bond acceptors (Lipinski definition) is 3. The molecule has 0 radical (unpaired) electrons. The van der Waals surface area contributed by atoms with Crippen molar-refractivity contribution >= 4 is 5.91 Å². The van der Waals surface area contributed by atoms with E-state index in [1.54, 1.807) is 7.11 Å². The summed E-state index contributed by atoms with van der Waals surface area (Å²) in [6.45, 7) is 3.84. The maximum atomic E-state index is 12.8. The third kappa shape index (κ3) is 2.83. The monoisotopic (exact) mass is 354 g/mol. The van der Waals surface area contributed by atoms with Crippen molar-refractivity contribution in [3.8, 4) is 5.75 Å². The van der Waals surface area contributed by atoms with Crippen LogP contribution in [-0.2, 0) is 0 Å². The Morgan fingerprint density at radius 3 is 2.00 bits per heavy atom. The zero-order chi connectivity index (χ0) is 17.7. The second kappa shape index (κ2) is 6.56. The molecule has 1 amide bonds. The third-order valence-electron chi connectivity index (χ3n) is 7.54. The Kier molecular flexibility index (Phi) is 4.19. The lowest BCUT2D eigenvalue weighted by Crippen LogP contribution is -2.60. The van der Waals surface area contributed by atoms with Crippen molar-refractivity contribution in [1.29, 1.82) is 0 Å². The molecule has 4 nitrogen and oxygen atoms in total. The van der Waals surface area contributed by atoms with E-state index < -0.39 is 0 Å². The number of piperazine rings is 1. The topological polar surface area (TPSA) is 32.8 Å². The number of carbonyl (C=O) groups is 1. The molecule has 5 fully saturated rings. The number of benzene rings is 1. The molecule has 1 aromatic carbocycles. The van der Waals surface area contributed by atoms with Crippen molar-refractivity contribution in [3.05, 3.63) is 29.8 Å². The van der Waals surface area contributed by atoms with E-state index in [2.05, 4.69) is 4.90 Å². The normalized spacial score (nSPS) is 36.3. The van der Waals surface area contributed by atoms with Gasteiger partial charge in [-0.1, -0.05) is 0 Å². The van der Waals surface area contributed by atoms with Gasteiger partial charge in [-0.2, -0.15) is 0 Å². The number of methoxy groups -OCH3 is 1. The first-order chi connectivity index (χ1) is 12.7. The Morgan fingerprint density at radius 1 is 0.885 bits per heavy atom. The number of rotatable bonds is 3. The fraction of sp³-hybridized carbons (Fsp3) is 0.682. The van der Waals surface area contributed by atoms with E-state index in [0.717, 1.165) is 67.2 Å². The maximum absolute atomic E-state index is 12.8. The van der Waals surface area contributed by atoms with Crippen molar-refractivity contribution in [2.24, 2.45) is 23.7 Å². The SMILES string of the molecule is COc1ccc(C(=O)N2CCN(C3C4CC5CC(C4)CC3C5)CC2)cc1. The fourth-order valence-electron chi connectivity index (χ4n) is 6.63. The van der Waals surface area contributed by atoms with Gasteiger partial charge >= 0.3 is 0 Å². The van der Waals surface area contributed by atoms with Crippen LogP contribution in [-0.4, -0.2) is 55.0 Å². The van der Waals surface area contributed by atoms with E-state index >= 15 is 0 Å². The summed E-state index contributed by atoms with van der Waals surface area (Å²) < 4.78 is 5.19. The minimum absolute atomic E-state index is 0.164. The zero-order valence-electron chi connectivity index (χ0n) is 15.8. The Morgan fingerprint density at radius 2 is 1.46 bits per heavy atom. The lowest BCUT2D eigenvalue weighted by molar-refractivity contribution is -0.0743. The predicted octanol–water partition coefficient (Wildman–Crippen LogP) is 3.28. The molecule has 6 rings (SSSR count). The van der Waals surface area contributed by atoms with Gasteiger partial charge in [0.2, 0.25) is 0 Å². The summed E-state index contributed by atoms with van der Waals surface area (Å²) in [7, 11) is 1.65. The van der Waals surface area contributed by atoms with Gasteiger partial charge in [0.25, 0.3) is 5.91 Å². The van der Waals surface area contributed by atoms with E-state index in [4.69, 9.17) is 4.74 Å². The highest BCUT2D eigenvalue weighted by molar-refractivity contribution is 5.94. The van der Waals surface area contributed by atoms with Crippen molar-refractivity contribution in [2.45, 2.75) is 38.1 Å². The number of hydrogen-bond donors (Lipinski definition) is 0. The molecule has 0 spiro atoms. The highest BCUT2D eigenvalue weighted by Gasteiger charge is 2.50. The molecular weight excluding hydrogens is 324 g/mol. The number of amides is 1. The molecular formula is C22H30N2O2. The second-order valence-corrected chi connectivity index (χ2v) is 8.98. The molecule has 0 unspecified atom stereocenters. The van der Waals surface area contributed by atoms with Gasteiger partial charge in [-0.15, -0.1) is 0 Å². The van der Waals surface area contributed by atoms with Crippen LogP contribution in [0.5, 0.6) is 5.75 Å². The van der Waals surface area contributed by atoms with Gasteiger partial charge in [-0.25, -0.2) is 0 Å². The molecule has 0 N–H and O–H groups in total. The van der Waals surface area contributed by atoms with Gasteiger partial charge in [-0.05, 0) is 80.0 Å². The molecule has 4 bridgehead atoms. The Balaban J connectivity index is 1.21. The number of nitrogens with zero attached hydrogens (tertiary/aromatic N) is 2. The first-order valence-electron chi connectivity index (χ1n) is 10.4. The number of ether oxygens (including phenoxy) is 1. The molecule has 4 aliphatic carbocycles. The standard InChI is InChI=1S/C22H30N2O2/c1-26-20-4-2-17(3-5-20)22(25)24-8-6-23(7-9-24)21-18-11-15-10-16(13-18)14-19(21)12-15/h2-5,15-16,18-19,21H,6-14H2,1H3. The molecule has 5 aliphatic rings. The van der Waals surface area contributed by atoms with Gasteiger partial charge in [0.1, 0.15) is 5.75 Å². The third-order valence-corrected chi connectivity index (χ3v) is 7.54. The quantitative estimate of drug-likeness (QED) is 0.835. The van der Waals surface area contributed by atoms with E-state index in [0.29, 0.717) is 0 Å². The summed E-state index contributed by atoms with van der Waals surface area (Å²) >= 11 is 0. The molecule has 1 heterocycles. The summed E-state index contributed by atoms with van der Waals surface area (Å²) in [6, 6.07) is 8.31. The highest BCUT2D eigenvalue weighted by atomic mass is 16.5. The molecule has 1 aromatic rings. The molecule has 0 aromatic heterocycles. The van der Waals surface area contributed by atoms with Crippen molar-refractivity contribution in [1.82, 2.24) is 9.80 Å². The molecule has 1 saturated heterocycles. The van der Waals surface area contributed by atoms with Gasteiger partial charge in [0, 0.05) is 37.8 Å². The molecule has 1 aliphatic heterocycles. The van der Waals surface area contributed by atoms with Crippen molar-refractivity contribution in [2.75, 3.05) is 33.3 Å². The summed E-state index contributed by atoms with van der Waals surface area (Å²) in [4.78, 5) is 17.6. The van der Waals surface area contributed by atoms with Crippen LogP contribution in [0.4, 0.5) is 0 Å². The number of carbonyl (C=O) groups excluding carboxylic acids is 1. The largest absolute Gasteiger partial charge is 0.497 e.